The molecule has 0 spiro atoms. The second-order valence-corrected chi connectivity index (χ2v) is 14.5. The second-order valence-electron chi connectivity index (χ2n) is 14.5. The second kappa shape index (κ2) is 11.7. The molecule has 0 bridgehead atoms. The molecule has 0 unspecified atom stereocenters. The number of aliphatic hydroxyl groups excluding tert-OH is 3. The van der Waals surface area contributed by atoms with Crippen LogP contribution in [0.1, 0.15) is 104 Å². The molecule has 1 heterocycles. The van der Waals surface area contributed by atoms with Crippen LogP contribution in [0.15, 0.2) is 29.8 Å². The van der Waals surface area contributed by atoms with Gasteiger partial charge in [-0.05, 0) is 99.2 Å². The fourth-order valence-electron chi connectivity index (χ4n) is 9.95. The van der Waals surface area contributed by atoms with Crippen LogP contribution in [0.3, 0.4) is 0 Å². The summed E-state index contributed by atoms with van der Waals surface area (Å²) in [5, 5.41) is 43.5. The van der Waals surface area contributed by atoms with Gasteiger partial charge in [-0.15, -0.1) is 0 Å². The molecule has 12 atom stereocenters. The van der Waals surface area contributed by atoms with Gasteiger partial charge in [-0.1, -0.05) is 31.6 Å². The summed E-state index contributed by atoms with van der Waals surface area (Å²) in [5.74, 6) is -0.742. The Balaban J connectivity index is 1.23. The Hall–Kier alpha value is -2.34. The van der Waals surface area contributed by atoms with E-state index in [1.165, 1.54) is 19.8 Å². The molecule has 3 saturated carbocycles. The van der Waals surface area contributed by atoms with Gasteiger partial charge in [0.25, 0.3) is 0 Å². The summed E-state index contributed by atoms with van der Waals surface area (Å²) in [4.78, 5) is 25.0. The fraction of sp³-hybridized carbons (Fsp3) is 0.714. The lowest BCUT2D eigenvalue weighted by atomic mass is 9.45. The highest BCUT2D eigenvalue weighted by atomic mass is 16.7. The highest BCUT2D eigenvalue weighted by Crippen LogP contribution is 2.70. The van der Waals surface area contributed by atoms with Gasteiger partial charge < -0.3 is 39.4 Å². The molecule has 0 aromatic heterocycles. The molecule has 45 heavy (non-hydrogen) atoms. The third-order valence-corrected chi connectivity index (χ3v) is 12.6. The van der Waals surface area contributed by atoms with Gasteiger partial charge in [0.15, 0.2) is 6.29 Å². The molecule has 0 amide bonds. The molecule has 6 rings (SSSR count). The van der Waals surface area contributed by atoms with Gasteiger partial charge in [-0.2, -0.15) is 0 Å². The van der Waals surface area contributed by atoms with E-state index < -0.39 is 53.7 Å². The first kappa shape index (κ1) is 32.6. The number of allylic oxidation sites excluding steroid dienone is 1. The van der Waals surface area contributed by atoms with Crippen molar-refractivity contribution in [2.75, 3.05) is 14.2 Å². The Morgan fingerprint density at radius 2 is 1.58 bits per heavy atom. The highest BCUT2D eigenvalue weighted by molar-refractivity contribution is 6.03. The van der Waals surface area contributed by atoms with Crippen LogP contribution in [-0.2, 0) is 18.9 Å². The molecule has 1 aliphatic heterocycles. The number of methoxy groups -OCH3 is 2. The summed E-state index contributed by atoms with van der Waals surface area (Å²) in [5.41, 5.74) is 1.24. The van der Waals surface area contributed by atoms with E-state index in [4.69, 9.17) is 18.9 Å². The normalized spacial score (nSPS) is 44.2. The van der Waals surface area contributed by atoms with E-state index in [0.29, 0.717) is 12.3 Å². The molecule has 1 aromatic rings. The largest absolute Gasteiger partial charge is 0.465 e. The Bertz CT molecular complexity index is 1360. The van der Waals surface area contributed by atoms with Gasteiger partial charge in [-0.3, -0.25) is 0 Å². The number of hydrogen-bond acceptors (Lipinski definition) is 10. The molecular formula is C35H48O10. The number of hydrogen-bond donors (Lipinski definition) is 4. The van der Waals surface area contributed by atoms with E-state index in [1.807, 2.05) is 6.07 Å². The van der Waals surface area contributed by atoms with Crippen LogP contribution in [0.25, 0.3) is 0 Å². The summed E-state index contributed by atoms with van der Waals surface area (Å²) in [6, 6.07) is 5.29. The maximum absolute atomic E-state index is 12.7. The first-order chi connectivity index (χ1) is 21.3. The Labute approximate surface area is 264 Å². The zero-order valence-corrected chi connectivity index (χ0v) is 26.9. The molecule has 5 aliphatic rings. The van der Waals surface area contributed by atoms with E-state index in [9.17, 15) is 30.0 Å². The van der Waals surface area contributed by atoms with Gasteiger partial charge >= 0.3 is 11.9 Å². The number of benzene rings is 1. The van der Waals surface area contributed by atoms with Crippen molar-refractivity contribution >= 4 is 11.9 Å². The van der Waals surface area contributed by atoms with E-state index >= 15 is 0 Å². The average Bonchev–Trinajstić information content (AvgIpc) is 3.32. The average molecular weight is 629 g/mol. The van der Waals surface area contributed by atoms with Crippen LogP contribution >= 0.6 is 0 Å². The Morgan fingerprint density at radius 1 is 0.867 bits per heavy atom. The summed E-state index contributed by atoms with van der Waals surface area (Å²) in [7, 11) is 2.58. The minimum Gasteiger partial charge on any atom is -0.465 e. The molecular weight excluding hydrogens is 580 g/mol. The smallest absolute Gasteiger partial charge is 0.338 e. The quantitative estimate of drug-likeness (QED) is 0.281. The Kier molecular flexibility index (Phi) is 8.49. The van der Waals surface area contributed by atoms with Crippen LogP contribution in [0.4, 0.5) is 0 Å². The number of rotatable bonds is 5. The van der Waals surface area contributed by atoms with Crippen molar-refractivity contribution in [3.8, 4) is 0 Å². The maximum atomic E-state index is 12.7. The predicted molar refractivity (Wildman–Crippen MR) is 162 cm³/mol. The van der Waals surface area contributed by atoms with Crippen LogP contribution in [0.5, 0.6) is 0 Å². The predicted octanol–water partition coefficient (Wildman–Crippen LogP) is 3.63. The number of fused-ring (bicyclic) bond motifs is 5. The van der Waals surface area contributed by atoms with Gasteiger partial charge in [0.2, 0.25) is 0 Å². The number of ether oxygens (including phenoxy) is 4. The number of aliphatic hydroxyl groups is 4. The minimum absolute atomic E-state index is 0.0191. The van der Waals surface area contributed by atoms with E-state index in [0.717, 1.165) is 50.5 Å². The van der Waals surface area contributed by atoms with E-state index in [2.05, 4.69) is 19.9 Å². The van der Waals surface area contributed by atoms with Crippen LogP contribution < -0.4 is 0 Å². The van der Waals surface area contributed by atoms with Gasteiger partial charge in [-0.25, -0.2) is 9.59 Å². The first-order valence-electron chi connectivity index (χ1n) is 16.4. The van der Waals surface area contributed by atoms with E-state index in [1.54, 1.807) is 19.1 Å². The van der Waals surface area contributed by atoms with Crippen molar-refractivity contribution < 1.29 is 49.0 Å². The maximum Gasteiger partial charge on any atom is 0.338 e. The van der Waals surface area contributed by atoms with Crippen LogP contribution in [0.2, 0.25) is 0 Å². The molecule has 4 fully saturated rings. The molecule has 10 nitrogen and oxygen atoms in total. The summed E-state index contributed by atoms with van der Waals surface area (Å²) >= 11 is 0. The lowest BCUT2D eigenvalue weighted by Crippen LogP contribution is -2.60. The monoisotopic (exact) mass is 628 g/mol. The fourth-order valence-corrected chi connectivity index (χ4v) is 9.95. The van der Waals surface area contributed by atoms with Crippen LogP contribution in [-0.4, -0.2) is 89.0 Å². The summed E-state index contributed by atoms with van der Waals surface area (Å²) < 4.78 is 21.8. The molecule has 1 saturated heterocycles. The first-order valence-corrected chi connectivity index (χ1v) is 16.4. The molecule has 10 heteroatoms. The molecule has 248 valence electrons. The third-order valence-electron chi connectivity index (χ3n) is 12.6. The third kappa shape index (κ3) is 4.98. The number of esters is 2. The minimum atomic E-state index is -1.33. The van der Waals surface area contributed by atoms with Crippen molar-refractivity contribution in [2.45, 2.75) is 120 Å². The number of carbonyl (C=O) groups excluding carboxylic acids is 2. The lowest BCUT2D eigenvalue weighted by molar-refractivity contribution is -0.301. The summed E-state index contributed by atoms with van der Waals surface area (Å²) in [6.45, 7) is 6.18. The summed E-state index contributed by atoms with van der Waals surface area (Å²) in [6.07, 6.45) is 2.95. The van der Waals surface area contributed by atoms with Gasteiger partial charge in [0.05, 0.1) is 43.2 Å². The van der Waals surface area contributed by atoms with Crippen molar-refractivity contribution in [3.05, 3.63) is 46.5 Å². The molecule has 4 N–H and O–H groups in total. The van der Waals surface area contributed by atoms with Crippen LogP contribution in [0, 0.1) is 22.7 Å². The zero-order chi connectivity index (χ0) is 32.5. The molecule has 0 radical (unpaired) electrons. The van der Waals surface area contributed by atoms with Crippen molar-refractivity contribution in [1.82, 2.24) is 0 Å². The van der Waals surface area contributed by atoms with Crippen molar-refractivity contribution in [1.29, 1.82) is 0 Å². The van der Waals surface area contributed by atoms with E-state index in [-0.39, 0.29) is 34.5 Å². The highest BCUT2D eigenvalue weighted by Gasteiger charge is 2.66. The topological polar surface area (TPSA) is 152 Å². The number of carbonyl (C=O) groups is 2. The standard InChI is InChI=1S/C35H48O10/c1-18-27(36)28(37)29(38)32(44-18)45-21-10-13-33(2)20(17-21)7-9-26-25(33)11-14-34(3)24(12-15-35(26,34)41)19-6-8-22(30(39)42-4)23(16-19)31(40)43-5/h6,8,16-18,21,24-29,32,36-38,41H,7,9-15H2,1-5H3/t18-,21-,24+,25-,26+,27-,28+,29+,32-,33-,34+,35-/m0/s1. The van der Waals surface area contributed by atoms with Gasteiger partial charge in [0, 0.05) is 5.41 Å². The van der Waals surface area contributed by atoms with Gasteiger partial charge in [0.1, 0.15) is 18.3 Å². The SMILES string of the molecule is COC(=O)c1ccc([C@H]2CC[C@]3(O)[C@@H]4CCC5=C[C@@H](O[C@@H]6O[C@@H](C)[C@H](O)[C@@H](O)[C@H]6O)CC[C@]5(C)[C@H]4CC[C@]23C)cc1C(=O)OC. The van der Waals surface area contributed by atoms with Crippen molar-refractivity contribution in [2.24, 2.45) is 22.7 Å². The lowest BCUT2D eigenvalue weighted by Gasteiger charge is -2.62. The van der Waals surface area contributed by atoms with Crippen molar-refractivity contribution in [3.63, 3.8) is 0 Å². The Morgan fingerprint density at radius 3 is 2.29 bits per heavy atom. The zero-order valence-electron chi connectivity index (χ0n) is 26.9. The molecule has 1 aromatic carbocycles. The molecule has 4 aliphatic carbocycles.